The second kappa shape index (κ2) is 17.5. The number of carbonyl (C=O) groups is 1. The number of rotatable bonds is 18. The van der Waals surface area contributed by atoms with E-state index in [1.807, 2.05) is 48.5 Å². The summed E-state index contributed by atoms with van der Waals surface area (Å²) in [5.41, 5.74) is 1.42. The van der Waals surface area contributed by atoms with Gasteiger partial charge in [-0.25, -0.2) is 0 Å². The first kappa shape index (κ1) is 33.9. The Hall–Kier alpha value is -4.44. The van der Waals surface area contributed by atoms with Crippen molar-refractivity contribution in [1.29, 1.82) is 0 Å². The molecule has 0 atom stereocenters. The fourth-order valence-electron chi connectivity index (χ4n) is 5.47. The molecule has 6 heteroatoms. The molecule has 0 saturated heterocycles. The predicted octanol–water partition coefficient (Wildman–Crippen LogP) is 8.46. The summed E-state index contributed by atoms with van der Waals surface area (Å²) in [4.78, 5) is 13.2. The van der Waals surface area contributed by atoms with Gasteiger partial charge in [0.05, 0.1) is 6.61 Å². The fourth-order valence-corrected chi connectivity index (χ4v) is 9.32. The Morgan fingerprint density at radius 1 is 0.574 bits per heavy atom. The molecular formula is C41H45O5P. The summed E-state index contributed by atoms with van der Waals surface area (Å²) in [5, 5.41) is 3.45. The standard InChI is InChI=1S/C41H45O5P/c1-3-5-28-43-35-25-22-33(23-26-35)40(42)32-45-41-30-36(44-29-6-4-2)27-24-34(41)31-46-47(37-16-10-7-11-17-37,38-18-12-8-13-19-38)39-20-14-9-15-21-39/h7-27,30,47H,3-6,28-29,31-32H2,1-2H3. The summed E-state index contributed by atoms with van der Waals surface area (Å²) in [6, 6.07) is 44.6. The molecule has 5 rings (SSSR count). The summed E-state index contributed by atoms with van der Waals surface area (Å²) in [5.74, 6) is 1.92. The molecule has 0 aromatic heterocycles. The van der Waals surface area contributed by atoms with Gasteiger partial charge in [0.1, 0.15) is 0 Å². The molecule has 0 spiro atoms. The van der Waals surface area contributed by atoms with Crippen LogP contribution in [0.5, 0.6) is 17.2 Å². The second-order valence-electron chi connectivity index (χ2n) is 11.5. The van der Waals surface area contributed by atoms with Crippen LogP contribution in [0.2, 0.25) is 0 Å². The SMILES string of the molecule is CCCCOc1ccc(C(=O)COc2cc(OCCCC)ccc2CO[PH](c2ccccc2)(c2ccccc2)c2ccccc2)cc1. The van der Waals surface area contributed by atoms with Gasteiger partial charge in [-0.2, -0.15) is 0 Å². The Morgan fingerprint density at radius 3 is 1.57 bits per heavy atom. The van der Waals surface area contributed by atoms with E-state index in [1.165, 1.54) is 0 Å². The molecule has 0 aliphatic carbocycles. The molecule has 0 amide bonds. The first-order valence-corrected chi connectivity index (χ1v) is 18.5. The molecule has 47 heavy (non-hydrogen) atoms. The molecule has 0 N–H and O–H groups in total. The van der Waals surface area contributed by atoms with E-state index < -0.39 is 7.49 Å². The van der Waals surface area contributed by atoms with Crippen LogP contribution >= 0.6 is 7.49 Å². The van der Waals surface area contributed by atoms with Crippen molar-refractivity contribution in [3.8, 4) is 17.2 Å². The molecule has 0 heterocycles. The fraction of sp³-hybridized carbons (Fsp3) is 0.244. The van der Waals surface area contributed by atoms with Crippen LogP contribution in [-0.4, -0.2) is 25.6 Å². The zero-order chi connectivity index (χ0) is 32.7. The zero-order valence-electron chi connectivity index (χ0n) is 27.4. The van der Waals surface area contributed by atoms with E-state index >= 15 is 0 Å². The molecule has 5 aromatic rings. The van der Waals surface area contributed by atoms with Gasteiger partial charge in [0, 0.05) is 0 Å². The molecule has 0 aliphatic rings. The molecule has 0 aliphatic heterocycles. The number of carbonyl (C=O) groups excluding carboxylic acids is 1. The van der Waals surface area contributed by atoms with Gasteiger partial charge >= 0.3 is 254 Å². The van der Waals surface area contributed by atoms with E-state index in [0.717, 1.165) is 52.9 Å². The number of unbranched alkanes of at least 4 members (excludes halogenated alkanes) is 2. The summed E-state index contributed by atoms with van der Waals surface area (Å²) in [6.07, 6.45) is 4.06. The molecule has 244 valence electrons. The molecule has 5 nitrogen and oxygen atoms in total. The topological polar surface area (TPSA) is 54.0 Å². The maximum absolute atomic E-state index is 13.2. The van der Waals surface area contributed by atoms with E-state index in [0.29, 0.717) is 30.3 Å². The molecule has 0 unspecified atom stereocenters. The number of Topliss-reactive ketones (excluding diaryl/α,β-unsaturated/α-hetero) is 1. The van der Waals surface area contributed by atoms with Gasteiger partial charge in [0.15, 0.2) is 0 Å². The molecule has 0 fully saturated rings. The van der Waals surface area contributed by atoms with Crippen molar-refractivity contribution in [3.63, 3.8) is 0 Å². The number of ketones is 1. The van der Waals surface area contributed by atoms with Crippen molar-refractivity contribution >= 4 is 29.2 Å². The third kappa shape index (κ3) is 8.88. The van der Waals surface area contributed by atoms with Crippen LogP contribution in [0.1, 0.15) is 55.5 Å². The van der Waals surface area contributed by atoms with Crippen molar-refractivity contribution < 1.29 is 23.5 Å². The van der Waals surface area contributed by atoms with E-state index in [-0.39, 0.29) is 19.0 Å². The van der Waals surface area contributed by atoms with Gasteiger partial charge in [-0.3, -0.25) is 0 Å². The first-order chi connectivity index (χ1) is 23.1. The third-order valence-corrected chi connectivity index (χ3v) is 12.1. The summed E-state index contributed by atoms with van der Waals surface area (Å²) >= 11 is 0. The Kier molecular flexibility index (Phi) is 12.6. The van der Waals surface area contributed by atoms with E-state index in [9.17, 15) is 4.79 Å². The summed E-state index contributed by atoms with van der Waals surface area (Å²) in [7, 11) is -2.95. The molecule has 5 aromatic carbocycles. The maximum atomic E-state index is 13.2. The Balaban J connectivity index is 1.43. The Morgan fingerprint density at radius 2 is 1.06 bits per heavy atom. The van der Waals surface area contributed by atoms with Crippen molar-refractivity contribution in [3.05, 3.63) is 145 Å². The van der Waals surface area contributed by atoms with Crippen molar-refractivity contribution in [1.82, 2.24) is 0 Å². The average Bonchev–Trinajstić information content (AvgIpc) is 3.13. The van der Waals surface area contributed by atoms with Crippen molar-refractivity contribution in [2.75, 3.05) is 19.8 Å². The summed E-state index contributed by atoms with van der Waals surface area (Å²) < 4.78 is 25.3. The summed E-state index contributed by atoms with van der Waals surface area (Å²) in [6.45, 7) is 5.72. The number of ether oxygens (including phenoxy) is 3. The van der Waals surface area contributed by atoms with Crippen LogP contribution < -0.4 is 30.1 Å². The van der Waals surface area contributed by atoms with Crippen LogP contribution in [0.25, 0.3) is 0 Å². The molecule has 0 saturated carbocycles. The number of benzene rings is 5. The monoisotopic (exact) mass is 648 g/mol. The Bertz CT molecular complexity index is 1560. The van der Waals surface area contributed by atoms with Crippen LogP contribution in [0, 0.1) is 0 Å². The van der Waals surface area contributed by atoms with Gasteiger partial charge < -0.3 is 0 Å². The zero-order valence-corrected chi connectivity index (χ0v) is 28.4. The van der Waals surface area contributed by atoms with Gasteiger partial charge in [-0.05, 0) is 6.42 Å². The second-order valence-corrected chi connectivity index (χ2v) is 14.9. The van der Waals surface area contributed by atoms with E-state index in [4.69, 9.17) is 18.7 Å². The third-order valence-electron chi connectivity index (χ3n) is 8.09. The van der Waals surface area contributed by atoms with Gasteiger partial charge in [-0.15, -0.1) is 0 Å². The van der Waals surface area contributed by atoms with Crippen LogP contribution in [-0.2, 0) is 11.1 Å². The number of hydrogen-bond acceptors (Lipinski definition) is 5. The van der Waals surface area contributed by atoms with Gasteiger partial charge in [0.25, 0.3) is 0 Å². The predicted molar refractivity (Wildman–Crippen MR) is 195 cm³/mol. The van der Waals surface area contributed by atoms with Crippen LogP contribution in [0.3, 0.4) is 0 Å². The minimum atomic E-state index is -2.95. The average molecular weight is 649 g/mol. The molecule has 0 radical (unpaired) electrons. The first-order valence-electron chi connectivity index (χ1n) is 16.6. The quantitative estimate of drug-likeness (QED) is 0.0542. The van der Waals surface area contributed by atoms with Crippen molar-refractivity contribution in [2.24, 2.45) is 0 Å². The number of hydrogen-bond donors (Lipinski definition) is 0. The van der Waals surface area contributed by atoms with Crippen molar-refractivity contribution in [2.45, 2.75) is 46.1 Å². The molecular weight excluding hydrogens is 603 g/mol. The normalized spacial score (nSPS) is 11.5. The van der Waals surface area contributed by atoms with Crippen LogP contribution in [0.4, 0.5) is 0 Å². The van der Waals surface area contributed by atoms with E-state index in [2.05, 4.69) is 86.6 Å². The minimum absolute atomic E-state index is 0.111. The van der Waals surface area contributed by atoms with Crippen LogP contribution in [0.15, 0.2) is 133 Å². The van der Waals surface area contributed by atoms with Gasteiger partial charge in [-0.1, -0.05) is 13.3 Å². The molecule has 0 bridgehead atoms. The van der Waals surface area contributed by atoms with E-state index in [1.54, 1.807) is 12.1 Å². The Labute approximate surface area is 279 Å². The van der Waals surface area contributed by atoms with Gasteiger partial charge in [0.2, 0.25) is 0 Å².